The smallest absolute Gasteiger partial charge is 0.0465 e. The Hall–Kier alpha value is -8.20. The number of rotatable bonds is 12. The van der Waals surface area contributed by atoms with Crippen LogP contribution < -0.4 is 9.80 Å². The molecule has 0 amide bonds. The molecule has 0 radical (unpaired) electrons. The molecule has 0 aromatic heterocycles. The monoisotopic (exact) mass is 1020 g/mol. The van der Waals surface area contributed by atoms with Gasteiger partial charge in [-0.1, -0.05) is 175 Å². The van der Waals surface area contributed by atoms with Gasteiger partial charge >= 0.3 is 0 Å². The summed E-state index contributed by atoms with van der Waals surface area (Å²) in [4.78, 5) is 5.17. The van der Waals surface area contributed by atoms with Crippen molar-refractivity contribution >= 4 is 34.1 Å². The highest BCUT2D eigenvalue weighted by molar-refractivity contribution is 5.93. The normalized spacial score (nSPS) is 15.2. The minimum absolute atomic E-state index is 0.0390. The van der Waals surface area contributed by atoms with Crippen LogP contribution in [0.5, 0.6) is 0 Å². The number of fused-ring (bicyclic) bond motifs is 15. The van der Waals surface area contributed by atoms with Gasteiger partial charge in [0.1, 0.15) is 0 Å². The molecule has 10 aromatic carbocycles. The minimum Gasteiger partial charge on any atom is -0.310 e. The van der Waals surface area contributed by atoms with Crippen LogP contribution >= 0.6 is 0 Å². The van der Waals surface area contributed by atoms with Gasteiger partial charge < -0.3 is 9.80 Å². The van der Waals surface area contributed by atoms with Crippen LogP contribution in [0, 0.1) is 0 Å². The SMILES string of the molecule is CCC1(CC)c2ccccc2-c2ccc(N(c3ccc4c(c3)Cc3ccccc3-4)c3ccc4c(c3)C(CC)(CC)c3cc(N(c5ccc6c(c5)Cc5ccccc5-6)c5ccc6c(c5)C(CC)(CC)c5ccccc5-6)ccc3-4)cc21. The molecule has 5 aliphatic carbocycles. The van der Waals surface area contributed by atoms with Crippen LogP contribution in [0.4, 0.5) is 34.1 Å². The quantitative estimate of drug-likeness (QED) is 0.120. The predicted molar refractivity (Wildman–Crippen MR) is 333 cm³/mol. The Kier molecular flexibility index (Phi) is 10.9. The predicted octanol–water partition coefficient (Wildman–Crippen LogP) is 21.0. The maximum absolute atomic E-state index is 2.59. The molecular formula is C77H68N2. The summed E-state index contributed by atoms with van der Waals surface area (Å²) in [7, 11) is 0. The Balaban J connectivity index is 0.886. The molecule has 0 saturated heterocycles. The lowest BCUT2D eigenvalue weighted by Crippen LogP contribution is -2.24. The van der Waals surface area contributed by atoms with Crippen molar-refractivity contribution in [2.75, 3.05) is 9.80 Å². The van der Waals surface area contributed by atoms with Crippen LogP contribution in [0.3, 0.4) is 0 Å². The molecule has 0 heterocycles. The van der Waals surface area contributed by atoms with Gasteiger partial charge in [-0.3, -0.25) is 0 Å². The van der Waals surface area contributed by atoms with Crippen LogP contribution in [-0.4, -0.2) is 0 Å². The van der Waals surface area contributed by atoms with Gasteiger partial charge in [0.05, 0.1) is 0 Å². The summed E-state index contributed by atoms with van der Waals surface area (Å²) in [5, 5.41) is 0. The van der Waals surface area contributed by atoms with E-state index in [2.05, 4.69) is 258 Å². The Bertz CT molecular complexity index is 3870. The number of anilines is 6. The Morgan fingerprint density at radius 2 is 0.481 bits per heavy atom. The van der Waals surface area contributed by atoms with Crippen LogP contribution in [0.1, 0.15) is 136 Å². The molecule has 0 atom stereocenters. The van der Waals surface area contributed by atoms with E-state index in [4.69, 9.17) is 0 Å². The summed E-state index contributed by atoms with van der Waals surface area (Å²) >= 11 is 0. The second-order valence-electron chi connectivity index (χ2n) is 23.4. The first-order valence-corrected chi connectivity index (χ1v) is 29.6. The summed E-state index contributed by atoms with van der Waals surface area (Å²) in [6, 6.07) is 80.5. The molecule has 0 aliphatic heterocycles. The van der Waals surface area contributed by atoms with Crippen molar-refractivity contribution in [3.63, 3.8) is 0 Å². The standard InChI is InChI=1S/C77H68N2/c1-7-75(8-2)69-27-19-17-25-63(69)65-37-31-55(45-71(65)75)78(53-29-35-61-51(43-53)41-49-21-13-15-23-59(49)61)57-33-39-67-68-40-34-58(48-74(68)77(11-5,12-6)73(67)47-57)79(54-30-36-62-52(44-54)42-50-22-14-16-24-60(50)62)56-32-38-66-64-26-18-20-28-70(64)76(9-3,10-4)72(66)46-56/h13-40,43-48H,7-12,41-42H2,1-6H3. The Morgan fingerprint density at radius 3 is 0.810 bits per heavy atom. The first-order valence-electron chi connectivity index (χ1n) is 29.6. The molecule has 2 nitrogen and oxygen atoms in total. The first-order chi connectivity index (χ1) is 38.8. The van der Waals surface area contributed by atoms with Gasteiger partial charge in [0.15, 0.2) is 0 Å². The molecular weight excluding hydrogens is 953 g/mol. The molecule has 0 N–H and O–H groups in total. The van der Waals surface area contributed by atoms with Crippen molar-refractivity contribution in [2.24, 2.45) is 0 Å². The van der Waals surface area contributed by atoms with Crippen LogP contribution in [0.2, 0.25) is 0 Å². The van der Waals surface area contributed by atoms with E-state index in [9.17, 15) is 0 Å². The molecule has 386 valence electrons. The summed E-state index contributed by atoms with van der Waals surface area (Å²) in [5.74, 6) is 0. The van der Waals surface area contributed by atoms with Crippen LogP contribution in [-0.2, 0) is 29.1 Å². The van der Waals surface area contributed by atoms with Crippen molar-refractivity contribution in [3.8, 4) is 55.6 Å². The minimum atomic E-state index is -0.203. The van der Waals surface area contributed by atoms with E-state index in [-0.39, 0.29) is 16.2 Å². The summed E-state index contributed by atoms with van der Waals surface area (Å²) in [6.07, 6.45) is 8.10. The molecule has 0 unspecified atom stereocenters. The van der Waals surface area contributed by atoms with Gasteiger partial charge in [0.2, 0.25) is 0 Å². The molecule has 15 rings (SSSR count). The third kappa shape index (κ3) is 6.64. The third-order valence-corrected chi connectivity index (χ3v) is 20.6. The lowest BCUT2D eigenvalue weighted by Gasteiger charge is -2.34. The van der Waals surface area contributed by atoms with Gasteiger partial charge in [-0.15, -0.1) is 0 Å². The fourth-order valence-corrected chi connectivity index (χ4v) is 16.4. The van der Waals surface area contributed by atoms with E-state index >= 15 is 0 Å². The van der Waals surface area contributed by atoms with Crippen molar-refractivity contribution in [1.82, 2.24) is 0 Å². The van der Waals surface area contributed by atoms with Gasteiger partial charge in [-0.05, 0) is 235 Å². The van der Waals surface area contributed by atoms with Gasteiger partial charge in [-0.25, -0.2) is 0 Å². The summed E-state index contributed by atoms with van der Waals surface area (Å²) in [5.41, 5.74) is 35.0. The maximum Gasteiger partial charge on any atom is 0.0465 e. The number of hydrogen-bond donors (Lipinski definition) is 0. The van der Waals surface area contributed by atoms with Gasteiger partial charge in [-0.2, -0.15) is 0 Å². The second-order valence-corrected chi connectivity index (χ2v) is 23.4. The highest BCUT2D eigenvalue weighted by Gasteiger charge is 2.45. The Morgan fingerprint density at radius 1 is 0.241 bits per heavy atom. The molecule has 5 aliphatic rings. The van der Waals surface area contributed by atoms with E-state index < -0.39 is 0 Å². The molecule has 0 bridgehead atoms. The molecule has 0 fully saturated rings. The average molecular weight is 1020 g/mol. The zero-order valence-corrected chi connectivity index (χ0v) is 46.7. The molecule has 2 heteroatoms. The fraction of sp³-hybridized carbons (Fsp3) is 0.221. The van der Waals surface area contributed by atoms with Crippen LogP contribution in [0.15, 0.2) is 206 Å². The van der Waals surface area contributed by atoms with E-state index in [0.29, 0.717) is 0 Å². The number of benzene rings is 10. The van der Waals surface area contributed by atoms with E-state index in [1.165, 1.54) is 145 Å². The largest absolute Gasteiger partial charge is 0.310 e. The lowest BCUT2D eigenvalue weighted by molar-refractivity contribution is 0.490. The number of nitrogens with zero attached hydrogens (tertiary/aromatic N) is 2. The molecule has 10 aromatic rings. The zero-order valence-electron chi connectivity index (χ0n) is 46.7. The molecule has 79 heavy (non-hydrogen) atoms. The van der Waals surface area contributed by atoms with E-state index in [1.54, 1.807) is 0 Å². The van der Waals surface area contributed by atoms with Crippen molar-refractivity contribution in [3.05, 3.63) is 262 Å². The second kappa shape index (κ2) is 17.9. The van der Waals surface area contributed by atoms with Crippen molar-refractivity contribution < 1.29 is 0 Å². The zero-order chi connectivity index (χ0) is 53.4. The Labute approximate surface area is 468 Å². The van der Waals surface area contributed by atoms with Crippen molar-refractivity contribution in [2.45, 2.75) is 109 Å². The van der Waals surface area contributed by atoms with Gasteiger partial charge in [0, 0.05) is 50.4 Å². The third-order valence-electron chi connectivity index (χ3n) is 20.6. The summed E-state index contributed by atoms with van der Waals surface area (Å²) < 4.78 is 0. The highest BCUT2D eigenvalue weighted by atomic mass is 15.1. The van der Waals surface area contributed by atoms with E-state index in [1.807, 2.05) is 0 Å². The maximum atomic E-state index is 2.59. The molecule has 0 spiro atoms. The number of hydrogen-bond acceptors (Lipinski definition) is 2. The molecule has 0 saturated carbocycles. The van der Waals surface area contributed by atoms with Gasteiger partial charge in [0.25, 0.3) is 0 Å². The first kappa shape index (κ1) is 48.0. The average Bonchev–Trinajstić information content (AvgIpc) is 4.27. The topological polar surface area (TPSA) is 6.48 Å². The lowest BCUT2D eigenvalue weighted by atomic mass is 9.73. The highest BCUT2D eigenvalue weighted by Crippen LogP contribution is 2.59. The van der Waals surface area contributed by atoms with E-state index in [0.717, 1.165) is 51.4 Å². The fourth-order valence-electron chi connectivity index (χ4n) is 16.4. The van der Waals surface area contributed by atoms with Crippen LogP contribution in [0.25, 0.3) is 55.6 Å². The summed E-state index contributed by atoms with van der Waals surface area (Å²) in [6.45, 7) is 14.4. The van der Waals surface area contributed by atoms with Crippen molar-refractivity contribution in [1.29, 1.82) is 0 Å².